The predicted octanol–water partition coefficient (Wildman–Crippen LogP) is 2.44. The monoisotopic (exact) mass is 333 g/mol. The van der Waals surface area contributed by atoms with Gasteiger partial charge in [-0.2, -0.15) is 0 Å². The lowest BCUT2D eigenvalue weighted by molar-refractivity contribution is 0.101. The largest absolute Gasteiger partial charge is 0.387 e. The van der Waals surface area contributed by atoms with Crippen molar-refractivity contribution in [3.8, 4) is 0 Å². The predicted molar refractivity (Wildman–Crippen MR) is 89.4 cm³/mol. The van der Waals surface area contributed by atoms with Gasteiger partial charge in [0.1, 0.15) is 0 Å². The first kappa shape index (κ1) is 17.2. The summed E-state index contributed by atoms with van der Waals surface area (Å²) < 4.78 is 23.7. The van der Waals surface area contributed by atoms with E-state index >= 15 is 0 Å². The van der Waals surface area contributed by atoms with E-state index in [4.69, 9.17) is 0 Å². The molecule has 2 aromatic rings. The summed E-state index contributed by atoms with van der Waals surface area (Å²) in [4.78, 5) is 11.6. The number of rotatable bonds is 6. The lowest BCUT2D eigenvalue weighted by atomic mass is 10.1. The van der Waals surface area contributed by atoms with Gasteiger partial charge in [0.25, 0.3) is 0 Å². The van der Waals surface area contributed by atoms with Crippen LogP contribution in [0, 0.1) is 0 Å². The minimum atomic E-state index is -3.44. The molecule has 0 spiro atoms. The third-order valence-electron chi connectivity index (χ3n) is 3.46. The summed E-state index contributed by atoms with van der Waals surface area (Å²) in [6.07, 6.45) is 0.318. The van der Waals surface area contributed by atoms with Gasteiger partial charge >= 0.3 is 0 Å². The first-order valence-electron chi connectivity index (χ1n) is 7.11. The van der Waals surface area contributed by atoms with Crippen LogP contribution in [-0.4, -0.2) is 32.1 Å². The molecule has 0 saturated carbocycles. The number of hydrogen-bond acceptors (Lipinski definition) is 5. The van der Waals surface area contributed by atoms with Gasteiger partial charge in [-0.15, -0.1) is 0 Å². The van der Waals surface area contributed by atoms with E-state index in [0.29, 0.717) is 11.3 Å². The van der Waals surface area contributed by atoms with E-state index in [-0.39, 0.29) is 17.2 Å². The number of aliphatic hydroxyl groups is 1. The molecule has 0 aliphatic rings. The zero-order chi connectivity index (χ0) is 17.0. The summed E-state index contributed by atoms with van der Waals surface area (Å²) in [6.45, 7) is 1.55. The van der Waals surface area contributed by atoms with Gasteiger partial charge < -0.3 is 10.4 Å². The van der Waals surface area contributed by atoms with Gasteiger partial charge in [-0.05, 0) is 30.7 Å². The number of nitrogens with one attached hydrogen (secondary N) is 1. The zero-order valence-electron chi connectivity index (χ0n) is 13.0. The van der Waals surface area contributed by atoms with E-state index in [1.807, 2.05) is 18.2 Å². The molecule has 2 aromatic carbocycles. The summed E-state index contributed by atoms with van der Waals surface area (Å²) in [5, 5.41) is 13.1. The molecular weight excluding hydrogens is 314 g/mol. The molecular formula is C17H19NO4S. The fourth-order valence-electron chi connectivity index (χ4n) is 2.21. The Morgan fingerprint density at radius 2 is 1.83 bits per heavy atom. The molecule has 0 amide bonds. The summed E-state index contributed by atoms with van der Waals surface area (Å²) >= 11 is 0. The highest BCUT2D eigenvalue weighted by atomic mass is 32.2. The average molecular weight is 333 g/mol. The molecule has 1 atom stereocenters. The normalized spacial score (nSPS) is 12.7. The summed E-state index contributed by atoms with van der Waals surface area (Å²) in [5.41, 5.74) is 1.45. The lowest BCUT2D eigenvalue weighted by Gasteiger charge is -2.16. The average Bonchev–Trinajstić information content (AvgIpc) is 2.52. The molecule has 0 fully saturated rings. The molecule has 0 heterocycles. The van der Waals surface area contributed by atoms with Crippen LogP contribution >= 0.6 is 0 Å². The van der Waals surface area contributed by atoms with Crippen LogP contribution in [0.2, 0.25) is 0 Å². The van der Waals surface area contributed by atoms with Crippen LogP contribution in [0.4, 0.5) is 5.69 Å². The molecule has 5 nitrogen and oxygen atoms in total. The Morgan fingerprint density at radius 1 is 1.17 bits per heavy atom. The van der Waals surface area contributed by atoms with Crippen molar-refractivity contribution in [2.45, 2.75) is 17.9 Å². The van der Waals surface area contributed by atoms with Crippen LogP contribution in [0.15, 0.2) is 53.4 Å². The van der Waals surface area contributed by atoms with Crippen LogP contribution in [0.25, 0.3) is 0 Å². The number of carbonyl (C=O) groups excluding carboxylic acids is 1. The van der Waals surface area contributed by atoms with Crippen LogP contribution in [0.5, 0.6) is 0 Å². The SMILES string of the molecule is CC(=O)c1ccc(S(C)(=O)=O)c(NCC(O)c2ccccc2)c1. The van der Waals surface area contributed by atoms with Crippen molar-refractivity contribution in [2.75, 3.05) is 18.1 Å². The highest BCUT2D eigenvalue weighted by Crippen LogP contribution is 2.24. The number of anilines is 1. The van der Waals surface area contributed by atoms with Gasteiger partial charge in [0.2, 0.25) is 0 Å². The third kappa shape index (κ3) is 4.40. The first-order chi connectivity index (χ1) is 10.8. The summed E-state index contributed by atoms with van der Waals surface area (Å²) in [5.74, 6) is -0.156. The number of ketones is 1. The summed E-state index contributed by atoms with van der Waals surface area (Å²) in [7, 11) is -3.44. The second-order valence-electron chi connectivity index (χ2n) is 5.35. The molecule has 122 valence electrons. The van der Waals surface area contributed by atoms with E-state index in [2.05, 4.69) is 5.32 Å². The number of sulfone groups is 1. The van der Waals surface area contributed by atoms with E-state index in [0.717, 1.165) is 11.8 Å². The Labute approximate surface area is 135 Å². The molecule has 2 rings (SSSR count). The molecule has 0 radical (unpaired) electrons. The van der Waals surface area contributed by atoms with Gasteiger partial charge in [0, 0.05) is 18.4 Å². The molecule has 0 aliphatic heterocycles. The smallest absolute Gasteiger partial charge is 0.177 e. The molecule has 23 heavy (non-hydrogen) atoms. The minimum Gasteiger partial charge on any atom is -0.387 e. The Bertz CT molecular complexity index is 801. The maximum atomic E-state index is 11.9. The lowest BCUT2D eigenvalue weighted by Crippen LogP contribution is -2.14. The number of benzene rings is 2. The number of hydrogen-bond donors (Lipinski definition) is 2. The highest BCUT2D eigenvalue weighted by Gasteiger charge is 2.16. The Hall–Kier alpha value is -2.18. The van der Waals surface area contributed by atoms with Gasteiger partial charge in [-0.3, -0.25) is 4.79 Å². The first-order valence-corrected chi connectivity index (χ1v) is 9.00. The molecule has 0 saturated heterocycles. The second-order valence-corrected chi connectivity index (χ2v) is 7.33. The summed E-state index contributed by atoms with van der Waals surface area (Å²) in [6, 6.07) is 13.4. The van der Waals surface area contributed by atoms with E-state index < -0.39 is 15.9 Å². The number of Topliss-reactive ketones (excluding diaryl/α,β-unsaturated/α-hetero) is 1. The van der Waals surface area contributed by atoms with Gasteiger partial charge in [-0.25, -0.2) is 8.42 Å². The highest BCUT2D eigenvalue weighted by molar-refractivity contribution is 7.90. The molecule has 2 N–H and O–H groups in total. The number of carbonyl (C=O) groups is 1. The van der Waals surface area contributed by atoms with E-state index in [9.17, 15) is 18.3 Å². The molecule has 0 aromatic heterocycles. The maximum Gasteiger partial charge on any atom is 0.177 e. The zero-order valence-corrected chi connectivity index (χ0v) is 13.8. The van der Waals surface area contributed by atoms with Gasteiger partial charge in [0.05, 0.1) is 16.7 Å². The van der Waals surface area contributed by atoms with Crippen molar-refractivity contribution in [1.29, 1.82) is 0 Å². The van der Waals surface area contributed by atoms with Crippen molar-refractivity contribution in [1.82, 2.24) is 0 Å². The maximum absolute atomic E-state index is 11.9. The van der Waals surface area contributed by atoms with Crippen LogP contribution in [-0.2, 0) is 9.84 Å². The Morgan fingerprint density at radius 3 is 2.39 bits per heavy atom. The molecule has 1 unspecified atom stereocenters. The molecule has 0 bridgehead atoms. The molecule has 0 aliphatic carbocycles. The van der Waals surface area contributed by atoms with Gasteiger partial charge in [0.15, 0.2) is 15.6 Å². The van der Waals surface area contributed by atoms with Crippen LogP contribution in [0.1, 0.15) is 28.9 Å². The van der Waals surface area contributed by atoms with Crippen molar-refractivity contribution >= 4 is 21.3 Å². The van der Waals surface area contributed by atoms with Crippen molar-refractivity contribution in [3.05, 3.63) is 59.7 Å². The van der Waals surface area contributed by atoms with Crippen molar-refractivity contribution in [3.63, 3.8) is 0 Å². The van der Waals surface area contributed by atoms with Crippen molar-refractivity contribution in [2.24, 2.45) is 0 Å². The van der Waals surface area contributed by atoms with Gasteiger partial charge in [-0.1, -0.05) is 30.3 Å². The van der Waals surface area contributed by atoms with E-state index in [1.54, 1.807) is 12.1 Å². The third-order valence-corrected chi connectivity index (χ3v) is 4.61. The fourth-order valence-corrected chi connectivity index (χ4v) is 3.06. The Balaban J connectivity index is 2.27. The second kappa shape index (κ2) is 6.93. The van der Waals surface area contributed by atoms with E-state index in [1.165, 1.54) is 25.1 Å². The topological polar surface area (TPSA) is 83.5 Å². The minimum absolute atomic E-state index is 0.0998. The molecule has 6 heteroatoms. The number of aliphatic hydroxyl groups excluding tert-OH is 1. The van der Waals surface area contributed by atoms with Crippen molar-refractivity contribution < 1.29 is 18.3 Å². The quantitative estimate of drug-likeness (QED) is 0.793. The Kier molecular flexibility index (Phi) is 5.18. The fraction of sp³-hybridized carbons (Fsp3) is 0.235. The van der Waals surface area contributed by atoms with Crippen LogP contribution in [0.3, 0.4) is 0 Å². The standard InChI is InChI=1S/C17H19NO4S/c1-12(19)14-8-9-17(23(2,21)22)15(10-14)18-11-16(20)13-6-4-3-5-7-13/h3-10,16,18,20H,11H2,1-2H3. The van der Waals surface area contributed by atoms with Crippen LogP contribution < -0.4 is 5.32 Å².